The standard InChI is InChI=1S/C11H16BrNO/c1-13(8-7-12)9-10-3-5-11(14-2)6-4-10/h3-6H,7-9H2,1-2H3. The molecule has 3 heteroatoms. The van der Waals surface area contributed by atoms with Gasteiger partial charge in [-0.25, -0.2) is 0 Å². The van der Waals surface area contributed by atoms with Crippen LogP contribution in [0.2, 0.25) is 0 Å². The van der Waals surface area contributed by atoms with Gasteiger partial charge in [-0.1, -0.05) is 28.1 Å². The zero-order chi connectivity index (χ0) is 10.4. The van der Waals surface area contributed by atoms with Crippen LogP contribution in [0.25, 0.3) is 0 Å². The molecule has 0 aliphatic carbocycles. The summed E-state index contributed by atoms with van der Waals surface area (Å²) in [5, 5.41) is 1.01. The first-order valence-corrected chi connectivity index (χ1v) is 5.76. The molecular weight excluding hydrogens is 242 g/mol. The molecule has 0 spiro atoms. The first-order chi connectivity index (χ1) is 6.76. The molecule has 0 N–H and O–H groups in total. The van der Waals surface area contributed by atoms with Crippen LogP contribution in [-0.4, -0.2) is 30.9 Å². The lowest BCUT2D eigenvalue weighted by molar-refractivity contribution is 0.349. The highest BCUT2D eigenvalue weighted by molar-refractivity contribution is 9.09. The third-order valence-corrected chi connectivity index (χ3v) is 2.43. The van der Waals surface area contributed by atoms with Gasteiger partial charge < -0.3 is 9.64 Å². The van der Waals surface area contributed by atoms with Crippen LogP contribution in [0.1, 0.15) is 5.56 Å². The summed E-state index contributed by atoms with van der Waals surface area (Å²) in [5.74, 6) is 0.914. The van der Waals surface area contributed by atoms with E-state index in [0.717, 1.165) is 24.2 Å². The number of ether oxygens (including phenoxy) is 1. The average Bonchev–Trinajstić information content (AvgIpc) is 2.19. The Balaban J connectivity index is 2.50. The van der Waals surface area contributed by atoms with Crippen LogP contribution in [0.15, 0.2) is 24.3 Å². The Kier molecular flexibility index (Phi) is 4.98. The molecule has 1 aromatic rings. The molecule has 0 heterocycles. The Bertz CT molecular complexity index is 260. The van der Waals surface area contributed by atoms with Crippen LogP contribution >= 0.6 is 15.9 Å². The van der Waals surface area contributed by atoms with Gasteiger partial charge in [-0.2, -0.15) is 0 Å². The average molecular weight is 258 g/mol. The Morgan fingerprint density at radius 1 is 1.29 bits per heavy atom. The number of nitrogens with zero attached hydrogens (tertiary/aromatic N) is 1. The van der Waals surface area contributed by atoms with Gasteiger partial charge in [0.05, 0.1) is 7.11 Å². The van der Waals surface area contributed by atoms with E-state index in [1.54, 1.807) is 7.11 Å². The number of alkyl halides is 1. The highest BCUT2D eigenvalue weighted by Crippen LogP contribution is 2.12. The van der Waals surface area contributed by atoms with E-state index in [4.69, 9.17) is 4.74 Å². The first-order valence-electron chi connectivity index (χ1n) is 4.63. The highest BCUT2D eigenvalue weighted by Gasteiger charge is 1.99. The summed E-state index contributed by atoms with van der Waals surface area (Å²) >= 11 is 3.42. The smallest absolute Gasteiger partial charge is 0.118 e. The van der Waals surface area contributed by atoms with Crippen LogP contribution in [-0.2, 0) is 6.54 Å². The number of rotatable bonds is 5. The zero-order valence-corrected chi connectivity index (χ0v) is 10.3. The molecule has 1 rings (SSSR count). The number of methoxy groups -OCH3 is 1. The summed E-state index contributed by atoms with van der Waals surface area (Å²) in [5.41, 5.74) is 1.31. The summed E-state index contributed by atoms with van der Waals surface area (Å²) in [7, 11) is 3.80. The maximum atomic E-state index is 5.10. The van der Waals surface area contributed by atoms with Gasteiger partial charge in [-0.05, 0) is 24.7 Å². The van der Waals surface area contributed by atoms with Crippen LogP contribution < -0.4 is 4.74 Å². The molecule has 0 unspecified atom stereocenters. The summed E-state index contributed by atoms with van der Waals surface area (Å²) in [4.78, 5) is 2.27. The summed E-state index contributed by atoms with van der Waals surface area (Å²) in [6.07, 6.45) is 0. The third kappa shape index (κ3) is 3.68. The number of benzene rings is 1. The highest BCUT2D eigenvalue weighted by atomic mass is 79.9. The molecule has 0 atom stereocenters. The maximum Gasteiger partial charge on any atom is 0.118 e. The molecule has 0 bridgehead atoms. The van der Waals surface area contributed by atoms with Gasteiger partial charge in [-0.3, -0.25) is 0 Å². The fraction of sp³-hybridized carbons (Fsp3) is 0.455. The first kappa shape index (κ1) is 11.5. The van der Waals surface area contributed by atoms with E-state index in [1.165, 1.54) is 5.56 Å². The van der Waals surface area contributed by atoms with Gasteiger partial charge in [-0.15, -0.1) is 0 Å². The van der Waals surface area contributed by atoms with Crippen molar-refractivity contribution in [3.63, 3.8) is 0 Å². The molecule has 0 aromatic heterocycles. The molecule has 0 fully saturated rings. The molecule has 0 saturated carbocycles. The minimum atomic E-state index is 0.914. The summed E-state index contributed by atoms with van der Waals surface area (Å²) < 4.78 is 5.10. The van der Waals surface area contributed by atoms with Crippen molar-refractivity contribution in [1.82, 2.24) is 4.90 Å². The van der Waals surface area contributed by atoms with Crippen molar-refractivity contribution in [2.24, 2.45) is 0 Å². The SMILES string of the molecule is COc1ccc(CN(C)CCBr)cc1. The van der Waals surface area contributed by atoms with Crippen molar-refractivity contribution in [2.75, 3.05) is 26.0 Å². The lowest BCUT2D eigenvalue weighted by Crippen LogP contribution is -2.19. The molecular formula is C11H16BrNO. The van der Waals surface area contributed by atoms with Gasteiger partial charge in [0.25, 0.3) is 0 Å². The topological polar surface area (TPSA) is 12.5 Å². The Hall–Kier alpha value is -0.540. The van der Waals surface area contributed by atoms with E-state index < -0.39 is 0 Å². The Morgan fingerprint density at radius 2 is 1.93 bits per heavy atom. The van der Waals surface area contributed by atoms with Gasteiger partial charge in [0.15, 0.2) is 0 Å². The fourth-order valence-electron chi connectivity index (χ4n) is 1.27. The molecule has 0 aliphatic rings. The Morgan fingerprint density at radius 3 is 2.43 bits per heavy atom. The van der Waals surface area contributed by atoms with E-state index in [0.29, 0.717) is 0 Å². The second-order valence-electron chi connectivity index (χ2n) is 3.27. The summed E-state index contributed by atoms with van der Waals surface area (Å²) in [6, 6.07) is 8.20. The van der Waals surface area contributed by atoms with Gasteiger partial charge in [0.2, 0.25) is 0 Å². The predicted molar refractivity (Wildman–Crippen MR) is 63.1 cm³/mol. The minimum Gasteiger partial charge on any atom is -0.497 e. The van der Waals surface area contributed by atoms with Crippen molar-refractivity contribution in [3.8, 4) is 5.75 Å². The largest absolute Gasteiger partial charge is 0.497 e. The van der Waals surface area contributed by atoms with Gasteiger partial charge in [0.1, 0.15) is 5.75 Å². The van der Waals surface area contributed by atoms with Crippen molar-refractivity contribution in [1.29, 1.82) is 0 Å². The molecule has 14 heavy (non-hydrogen) atoms. The molecule has 0 aliphatic heterocycles. The van der Waals surface area contributed by atoms with E-state index >= 15 is 0 Å². The normalized spacial score (nSPS) is 10.6. The molecule has 0 radical (unpaired) electrons. The van der Waals surface area contributed by atoms with E-state index in [-0.39, 0.29) is 0 Å². The molecule has 0 amide bonds. The van der Waals surface area contributed by atoms with Gasteiger partial charge >= 0.3 is 0 Å². The second-order valence-corrected chi connectivity index (χ2v) is 4.07. The van der Waals surface area contributed by atoms with E-state index in [1.807, 2.05) is 12.1 Å². The molecule has 78 valence electrons. The molecule has 2 nitrogen and oxygen atoms in total. The maximum absolute atomic E-state index is 5.10. The Labute approximate surface area is 94.0 Å². The lowest BCUT2D eigenvalue weighted by atomic mass is 10.2. The number of halogens is 1. The van der Waals surface area contributed by atoms with Crippen molar-refractivity contribution >= 4 is 15.9 Å². The second kappa shape index (κ2) is 6.04. The molecule has 1 aromatic carbocycles. The van der Waals surface area contributed by atoms with E-state index in [2.05, 4.69) is 40.0 Å². The molecule has 0 saturated heterocycles. The predicted octanol–water partition coefficient (Wildman–Crippen LogP) is 2.52. The van der Waals surface area contributed by atoms with Crippen LogP contribution in [0.5, 0.6) is 5.75 Å². The minimum absolute atomic E-state index is 0.914. The van der Waals surface area contributed by atoms with Gasteiger partial charge in [0, 0.05) is 18.4 Å². The van der Waals surface area contributed by atoms with Crippen LogP contribution in [0.4, 0.5) is 0 Å². The van der Waals surface area contributed by atoms with E-state index in [9.17, 15) is 0 Å². The summed E-state index contributed by atoms with van der Waals surface area (Å²) in [6.45, 7) is 2.04. The monoisotopic (exact) mass is 257 g/mol. The number of hydrogen-bond donors (Lipinski definition) is 0. The quantitative estimate of drug-likeness (QED) is 0.752. The zero-order valence-electron chi connectivity index (χ0n) is 8.66. The van der Waals surface area contributed by atoms with Crippen LogP contribution in [0.3, 0.4) is 0 Å². The number of hydrogen-bond acceptors (Lipinski definition) is 2. The van der Waals surface area contributed by atoms with Crippen molar-refractivity contribution in [2.45, 2.75) is 6.54 Å². The fourth-order valence-corrected chi connectivity index (χ4v) is 1.87. The van der Waals surface area contributed by atoms with Crippen molar-refractivity contribution < 1.29 is 4.74 Å². The van der Waals surface area contributed by atoms with Crippen LogP contribution in [0, 0.1) is 0 Å². The lowest BCUT2D eigenvalue weighted by Gasteiger charge is -2.14. The third-order valence-electron chi connectivity index (χ3n) is 2.08. The van der Waals surface area contributed by atoms with Crippen molar-refractivity contribution in [3.05, 3.63) is 29.8 Å².